The molecule has 9 aromatic carbocycles. The summed E-state index contributed by atoms with van der Waals surface area (Å²) >= 11 is 0. The quantitative estimate of drug-likeness (QED) is 0.171. The van der Waals surface area contributed by atoms with E-state index in [0.29, 0.717) is 0 Å². The van der Waals surface area contributed by atoms with E-state index in [-0.39, 0.29) is 0 Å². The summed E-state index contributed by atoms with van der Waals surface area (Å²) in [6.07, 6.45) is 0. The van der Waals surface area contributed by atoms with Gasteiger partial charge in [0.1, 0.15) is 61.6 Å². The van der Waals surface area contributed by atoms with Gasteiger partial charge in [0, 0.05) is 32.7 Å². The summed E-state index contributed by atoms with van der Waals surface area (Å²) in [4.78, 5) is 0. The van der Waals surface area contributed by atoms with Crippen molar-refractivity contribution in [1.82, 2.24) is 0 Å². The molecule has 0 saturated heterocycles. The zero-order valence-corrected chi connectivity index (χ0v) is 32.8. The summed E-state index contributed by atoms with van der Waals surface area (Å²) < 4.78 is 13.2. The predicted molar refractivity (Wildman–Crippen MR) is 259 cm³/mol. The average molecular weight is 722 g/mol. The molecule has 0 aliphatic heterocycles. The number of fused-ring (bicyclic) bond motifs is 8. The van der Waals surface area contributed by atoms with Crippen LogP contribution in [0.4, 0.5) is 0 Å². The van der Waals surface area contributed by atoms with E-state index in [1.807, 2.05) is 12.1 Å². The van der Waals surface area contributed by atoms with Gasteiger partial charge in [0.2, 0.25) is 0 Å². The molecule has 0 N–H and O–H groups in total. The Morgan fingerprint density at radius 2 is 0.789 bits per heavy atom. The van der Waals surface area contributed by atoms with Crippen LogP contribution in [0.15, 0.2) is 160 Å². The highest BCUT2D eigenvalue weighted by atomic mass is 16.3. The molecule has 0 unspecified atom stereocenters. The lowest BCUT2D eigenvalue weighted by Crippen LogP contribution is -2.55. The molecule has 2 aromatic heterocycles. The topological polar surface area (TPSA) is 26.3 Å². The Kier molecular flexibility index (Phi) is 7.53. The predicted octanol–water partition coefficient (Wildman–Crippen LogP) is 5.75. The summed E-state index contributed by atoms with van der Waals surface area (Å²) in [6.45, 7) is 0. The molecule has 0 spiro atoms. The van der Waals surface area contributed by atoms with Gasteiger partial charge in [0.05, 0.1) is 0 Å². The lowest BCUT2D eigenvalue weighted by Gasteiger charge is -2.24. The monoisotopic (exact) mass is 722 g/mol. The molecule has 0 fully saturated rings. The van der Waals surface area contributed by atoms with E-state index in [1.54, 1.807) is 0 Å². The third kappa shape index (κ3) is 4.91. The fourth-order valence-corrected chi connectivity index (χ4v) is 9.71. The summed E-state index contributed by atoms with van der Waals surface area (Å²) in [6, 6.07) is 54.7. The Bertz CT molecular complexity index is 3400. The maximum atomic E-state index is 6.66. The first-order valence-electron chi connectivity index (χ1n) is 19.9. The number of benzene rings is 9. The lowest BCUT2D eigenvalue weighted by molar-refractivity contribution is 0.668. The van der Waals surface area contributed by atoms with Gasteiger partial charge in [-0.1, -0.05) is 132 Å². The lowest BCUT2D eigenvalue weighted by atomic mass is 9.59. The average Bonchev–Trinajstić information content (AvgIpc) is 3.83. The van der Waals surface area contributed by atoms with Crippen molar-refractivity contribution in [3.05, 3.63) is 152 Å². The molecule has 0 saturated carbocycles. The maximum absolute atomic E-state index is 6.66. The van der Waals surface area contributed by atoms with Crippen LogP contribution in [0.3, 0.4) is 0 Å². The van der Waals surface area contributed by atoms with Crippen molar-refractivity contribution >= 4 is 132 Å². The fourth-order valence-electron chi connectivity index (χ4n) is 9.71. The smallest absolute Gasteiger partial charge is 0.143 e. The highest BCUT2D eigenvalue weighted by molar-refractivity contribution is 6.69. The molecule has 2 heterocycles. The first kappa shape index (κ1) is 33.7. The van der Waals surface area contributed by atoms with Gasteiger partial charge in [-0.2, -0.15) is 0 Å². The van der Waals surface area contributed by atoms with Crippen molar-refractivity contribution in [2.45, 2.75) is 0 Å². The van der Waals surface area contributed by atoms with Crippen LogP contribution in [0, 0.1) is 0 Å². The largest absolute Gasteiger partial charge is 0.456 e. The molecule has 57 heavy (non-hydrogen) atoms. The highest BCUT2D eigenvalue weighted by Gasteiger charge is 2.24. The van der Waals surface area contributed by atoms with Crippen molar-refractivity contribution in [2.75, 3.05) is 0 Å². The van der Waals surface area contributed by atoms with Crippen LogP contribution in [0.1, 0.15) is 0 Å². The van der Waals surface area contributed by atoms with Crippen molar-refractivity contribution in [3.63, 3.8) is 0 Å². The van der Waals surface area contributed by atoms with E-state index in [9.17, 15) is 0 Å². The second kappa shape index (κ2) is 12.7. The minimum atomic E-state index is 0.867. The summed E-state index contributed by atoms with van der Waals surface area (Å²) in [5, 5.41) is 9.47. The van der Waals surface area contributed by atoms with Gasteiger partial charge in [-0.15, -0.1) is 16.4 Å². The van der Waals surface area contributed by atoms with Gasteiger partial charge in [0.25, 0.3) is 0 Å². The Morgan fingerprint density at radius 3 is 1.44 bits per heavy atom. The SMILES string of the molecule is Bc1c(B)c(B)c(-c2c3ccccc3c(-c3cccc(-c4c(-c5cccc6c5oc5ccccc56)ccc5oc6ccccc6c45)c3)c3ccccc23)c(B)c1B. The highest BCUT2D eigenvalue weighted by Crippen LogP contribution is 2.48. The van der Waals surface area contributed by atoms with Gasteiger partial charge in [-0.25, -0.2) is 0 Å². The molecular weight excluding hydrogens is 687 g/mol. The Balaban J connectivity index is 1.22. The number of para-hydroxylation sites is 3. The van der Waals surface area contributed by atoms with Crippen LogP contribution >= 0.6 is 0 Å². The standard InChI is InChI=1S/C50H35B5O2/c51-45-44(46(52)48(54)49(55)47(45)53)42-31-16-3-1-14-29(31)40(30-15-2-4-17-32(30)42)26-11-9-12-27(25-26)41-33(23-24-39-43(41)36-18-6-8-22-38(36)56-39)35-20-10-19-34-28-13-5-7-21-37(28)57-50(34)35/h1-25H,51-55H2. The van der Waals surface area contributed by atoms with Crippen LogP contribution in [-0.4, -0.2) is 39.2 Å². The molecule has 11 rings (SSSR count). The van der Waals surface area contributed by atoms with E-state index < -0.39 is 0 Å². The third-order valence-electron chi connectivity index (χ3n) is 12.9. The molecule has 0 amide bonds. The molecule has 7 heteroatoms. The second-order valence-electron chi connectivity index (χ2n) is 15.7. The van der Waals surface area contributed by atoms with Crippen molar-refractivity contribution in [3.8, 4) is 44.5 Å². The second-order valence-corrected chi connectivity index (χ2v) is 15.7. The van der Waals surface area contributed by atoms with Gasteiger partial charge < -0.3 is 8.83 Å². The Morgan fingerprint density at radius 1 is 0.298 bits per heavy atom. The number of furan rings is 2. The molecule has 0 aliphatic carbocycles. The molecule has 0 atom stereocenters. The van der Waals surface area contributed by atoms with Crippen molar-refractivity contribution < 1.29 is 8.83 Å². The van der Waals surface area contributed by atoms with Crippen LogP contribution in [0.25, 0.3) is 110 Å². The molecule has 0 aliphatic rings. The number of hydrogen-bond acceptors (Lipinski definition) is 2. The van der Waals surface area contributed by atoms with Crippen LogP contribution in [0.5, 0.6) is 0 Å². The summed E-state index contributed by atoms with van der Waals surface area (Å²) in [5.41, 5.74) is 19.9. The van der Waals surface area contributed by atoms with E-state index in [1.165, 1.54) is 71.1 Å². The summed E-state index contributed by atoms with van der Waals surface area (Å²) in [5.74, 6) is 0. The molecule has 0 radical (unpaired) electrons. The van der Waals surface area contributed by atoms with Gasteiger partial charge in [-0.3, -0.25) is 0 Å². The molecule has 2 nitrogen and oxygen atoms in total. The first-order chi connectivity index (χ1) is 27.9. The molecular formula is C50H35B5O2. The minimum absolute atomic E-state index is 0.867. The van der Waals surface area contributed by atoms with Crippen molar-refractivity contribution in [2.24, 2.45) is 0 Å². The van der Waals surface area contributed by atoms with Gasteiger partial charge in [-0.05, 0) is 85.3 Å². The fraction of sp³-hybridized carbons (Fsp3) is 0. The van der Waals surface area contributed by atoms with Crippen LogP contribution < -0.4 is 27.3 Å². The van der Waals surface area contributed by atoms with Crippen LogP contribution in [0.2, 0.25) is 0 Å². The zero-order valence-electron chi connectivity index (χ0n) is 32.8. The van der Waals surface area contributed by atoms with E-state index in [2.05, 4.69) is 179 Å². The minimum Gasteiger partial charge on any atom is -0.456 e. The van der Waals surface area contributed by atoms with E-state index in [0.717, 1.165) is 66.1 Å². The molecule has 11 aromatic rings. The third-order valence-corrected chi connectivity index (χ3v) is 12.9. The Labute approximate surface area is 335 Å². The van der Waals surface area contributed by atoms with Gasteiger partial charge in [0.15, 0.2) is 0 Å². The molecule has 0 bridgehead atoms. The normalized spacial score (nSPS) is 11.9. The van der Waals surface area contributed by atoms with E-state index in [4.69, 9.17) is 8.83 Å². The number of hydrogen-bond donors (Lipinski definition) is 0. The number of rotatable bonds is 4. The maximum Gasteiger partial charge on any atom is 0.143 e. The summed E-state index contributed by atoms with van der Waals surface area (Å²) in [7, 11) is 11.4. The van der Waals surface area contributed by atoms with E-state index >= 15 is 0 Å². The first-order valence-corrected chi connectivity index (χ1v) is 19.9. The zero-order chi connectivity index (χ0) is 38.5. The van der Waals surface area contributed by atoms with Crippen LogP contribution in [-0.2, 0) is 0 Å². The van der Waals surface area contributed by atoms with Gasteiger partial charge >= 0.3 is 0 Å². The molecule has 262 valence electrons. The Hall–Kier alpha value is -6.58. The van der Waals surface area contributed by atoms with Crippen molar-refractivity contribution in [1.29, 1.82) is 0 Å².